The summed E-state index contributed by atoms with van der Waals surface area (Å²) in [6, 6.07) is 0.785. The van der Waals surface area contributed by atoms with Crippen molar-refractivity contribution in [2.24, 2.45) is 11.8 Å². The van der Waals surface area contributed by atoms with Crippen LogP contribution in [-0.2, 0) is 4.74 Å². The van der Waals surface area contributed by atoms with Gasteiger partial charge < -0.3 is 4.74 Å². The number of hydrogen-bond donors (Lipinski definition) is 0. The summed E-state index contributed by atoms with van der Waals surface area (Å²) in [6.45, 7) is 4.72. The molecule has 5 saturated heterocycles. The first-order valence-electron chi connectivity index (χ1n) is 4.75. The van der Waals surface area contributed by atoms with Gasteiger partial charge >= 0.3 is 0 Å². The highest BCUT2D eigenvalue weighted by molar-refractivity contribution is 4.94. The molecule has 0 aromatic carbocycles. The minimum atomic E-state index is 0.785. The number of rotatable bonds is 0. The van der Waals surface area contributed by atoms with Crippen LogP contribution in [0.1, 0.15) is 12.8 Å². The Morgan fingerprint density at radius 3 is 3.00 bits per heavy atom. The molecule has 0 aromatic heterocycles. The number of ether oxygens (including phenoxy) is 1. The summed E-state index contributed by atoms with van der Waals surface area (Å²) in [5, 5.41) is 0. The lowest BCUT2D eigenvalue weighted by atomic mass is 9.77. The molecule has 2 nitrogen and oxygen atoms in total. The van der Waals surface area contributed by atoms with E-state index in [0.29, 0.717) is 0 Å². The van der Waals surface area contributed by atoms with Gasteiger partial charge in [0, 0.05) is 12.6 Å². The van der Waals surface area contributed by atoms with Gasteiger partial charge in [0.25, 0.3) is 0 Å². The molecule has 0 radical (unpaired) electrons. The van der Waals surface area contributed by atoms with Gasteiger partial charge in [-0.2, -0.15) is 0 Å². The molecule has 5 rings (SSSR count). The van der Waals surface area contributed by atoms with Crippen molar-refractivity contribution in [3.05, 3.63) is 0 Å². The second-order valence-electron chi connectivity index (χ2n) is 4.23. The Labute approximate surface area is 67.5 Å². The van der Waals surface area contributed by atoms with E-state index in [2.05, 4.69) is 4.90 Å². The van der Waals surface area contributed by atoms with Crippen LogP contribution in [-0.4, -0.2) is 37.2 Å². The minimum Gasteiger partial charge on any atom is -0.379 e. The molecule has 5 aliphatic rings. The second kappa shape index (κ2) is 2.20. The second-order valence-corrected chi connectivity index (χ2v) is 4.23. The molecule has 0 amide bonds. The average Bonchev–Trinajstić information content (AvgIpc) is 2.33. The molecule has 4 bridgehead atoms. The van der Waals surface area contributed by atoms with E-state index in [1.165, 1.54) is 25.9 Å². The highest BCUT2D eigenvalue weighted by Gasteiger charge is 2.42. The maximum atomic E-state index is 5.62. The van der Waals surface area contributed by atoms with Crippen LogP contribution in [0, 0.1) is 11.8 Å². The van der Waals surface area contributed by atoms with Gasteiger partial charge in [-0.1, -0.05) is 0 Å². The van der Waals surface area contributed by atoms with Crippen molar-refractivity contribution in [2.75, 3.05) is 26.3 Å². The van der Waals surface area contributed by atoms with Gasteiger partial charge in [0.05, 0.1) is 13.2 Å². The molecule has 0 aromatic rings. The van der Waals surface area contributed by atoms with Gasteiger partial charge in [0.2, 0.25) is 0 Å². The maximum Gasteiger partial charge on any atom is 0.0622 e. The normalized spacial score (nSPS) is 54.5. The number of fused-ring (bicyclic) bond motifs is 3. The lowest BCUT2D eigenvalue weighted by molar-refractivity contribution is 0.0250. The summed E-state index contributed by atoms with van der Waals surface area (Å²) in [5.41, 5.74) is 0. The highest BCUT2D eigenvalue weighted by Crippen LogP contribution is 2.38. The van der Waals surface area contributed by atoms with Crippen molar-refractivity contribution in [3.8, 4) is 0 Å². The number of piperidine rings is 3. The van der Waals surface area contributed by atoms with Crippen LogP contribution in [0.4, 0.5) is 0 Å². The first-order valence-corrected chi connectivity index (χ1v) is 4.75. The average molecular weight is 153 g/mol. The zero-order chi connectivity index (χ0) is 7.26. The summed E-state index contributed by atoms with van der Waals surface area (Å²) >= 11 is 0. The lowest BCUT2D eigenvalue weighted by Crippen LogP contribution is -2.52. The minimum absolute atomic E-state index is 0.785. The zero-order valence-electron chi connectivity index (χ0n) is 6.83. The molecule has 2 heteroatoms. The van der Waals surface area contributed by atoms with Gasteiger partial charge in [-0.3, -0.25) is 4.90 Å². The van der Waals surface area contributed by atoms with Gasteiger partial charge in [-0.25, -0.2) is 0 Å². The number of hydrogen-bond acceptors (Lipinski definition) is 2. The molecule has 0 N–H and O–H groups in total. The van der Waals surface area contributed by atoms with Crippen LogP contribution in [0.15, 0.2) is 0 Å². The summed E-state index contributed by atoms with van der Waals surface area (Å²) < 4.78 is 5.62. The predicted octanol–water partition coefficient (Wildman–Crippen LogP) is 0.727. The van der Waals surface area contributed by atoms with Crippen LogP contribution < -0.4 is 0 Å². The van der Waals surface area contributed by atoms with E-state index in [4.69, 9.17) is 4.74 Å². The van der Waals surface area contributed by atoms with E-state index in [0.717, 1.165) is 31.1 Å². The monoisotopic (exact) mass is 153 g/mol. The van der Waals surface area contributed by atoms with E-state index in [9.17, 15) is 0 Å². The summed E-state index contributed by atoms with van der Waals surface area (Å²) in [4.78, 5) is 2.64. The van der Waals surface area contributed by atoms with E-state index in [1.807, 2.05) is 0 Å². The lowest BCUT2D eigenvalue weighted by Gasteiger charge is -2.46. The topological polar surface area (TPSA) is 12.5 Å². The first-order chi connectivity index (χ1) is 5.43. The van der Waals surface area contributed by atoms with Crippen molar-refractivity contribution in [2.45, 2.75) is 18.9 Å². The molecule has 5 aliphatic heterocycles. The Hall–Kier alpha value is -0.0800. The fourth-order valence-electron chi connectivity index (χ4n) is 2.97. The molecule has 62 valence electrons. The largest absolute Gasteiger partial charge is 0.379 e. The third-order valence-electron chi connectivity index (χ3n) is 3.66. The van der Waals surface area contributed by atoms with Gasteiger partial charge in [-0.05, 0) is 31.2 Å². The van der Waals surface area contributed by atoms with Crippen molar-refractivity contribution in [1.29, 1.82) is 0 Å². The molecule has 5 heterocycles. The predicted molar refractivity (Wildman–Crippen MR) is 42.4 cm³/mol. The van der Waals surface area contributed by atoms with Crippen LogP contribution >= 0.6 is 0 Å². The van der Waals surface area contributed by atoms with Crippen molar-refractivity contribution in [3.63, 3.8) is 0 Å². The third kappa shape index (κ3) is 0.859. The Balaban J connectivity index is 1.92. The molecule has 0 saturated carbocycles. The third-order valence-corrected chi connectivity index (χ3v) is 3.66. The summed E-state index contributed by atoms with van der Waals surface area (Å²) in [5.74, 6) is 1.88. The van der Waals surface area contributed by atoms with Crippen LogP contribution in [0.5, 0.6) is 0 Å². The summed E-state index contributed by atoms with van der Waals surface area (Å²) in [6.07, 6.45) is 2.86. The Kier molecular flexibility index (Phi) is 1.29. The quantitative estimate of drug-likeness (QED) is 0.508. The van der Waals surface area contributed by atoms with Crippen LogP contribution in [0.3, 0.4) is 0 Å². The molecule has 11 heavy (non-hydrogen) atoms. The smallest absolute Gasteiger partial charge is 0.0622 e. The fourth-order valence-corrected chi connectivity index (χ4v) is 2.97. The molecular formula is C9H15NO. The molecule has 5 fully saturated rings. The highest BCUT2D eigenvalue weighted by atomic mass is 16.5. The van der Waals surface area contributed by atoms with Gasteiger partial charge in [0.15, 0.2) is 0 Å². The maximum absolute atomic E-state index is 5.62. The Bertz CT molecular complexity index is 149. The molecule has 0 aliphatic carbocycles. The van der Waals surface area contributed by atoms with E-state index < -0.39 is 0 Å². The number of nitrogens with zero attached hydrogens (tertiary/aromatic N) is 1. The van der Waals surface area contributed by atoms with Crippen molar-refractivity contribution >= 4 is 0 Å². The SMILES string of the molecule is C1CN2CC3COCC2CC13. The first kappa shape index (κ1) is 6.44. The van der Waals surface area contributed by atoms with Crippen LogP contribution in [0.2, 0.25) is 0 Å². The summed E-state index contributed by atoms with van der Waals surface area (Å²) in [7, 11) is 0. The van der Waals surface area contributed by atoms with Gasteiger partial charge in [-0.15, -0.1) is 0 Å². The van der Waals surface area contributed by atoms with Crippen molar-refractivity contribution < 1.29 is 4.74 Å². The van der Waals surface area contributed by atoms with E-state index in [1.54, 1.807) is 0 Å². The standard InChI is InChI=1S/C9H15NO/c1-2-10-4-8-5-11-6-9(10)3-7(1)8/h7-9H,1-6H2. The molecule has 0 spiro atoms. The van der Waals surface area contributed by atoms with Crippen LogP contribution in [0.25, 0.3) is 0 Å². The Morgan fingerprint density at radius 1 is 1.18 bits per heavy atom. The molecule has 4 atom stereocenters. The molecular weight excluding hydrogens is 138 g/mol. The zero-order valence-corrected chi connectivity index (χ0v) is 6.83. The molecule has 4 unspecified atom stereocenters. The Morgan fingerprint density at radius 2 is 2.18 bits per heavy atom. The van der Waals surface area contributed by atoms with E-state index in [-0.39, 0.29) is 0 Å². The van der Waals surface area contributed by atoms with Crippen molar-refractivity contribution in [1.82, 2.24) is 4.90 Å². The van der Waals surface area contributed by atoms with Gasteiger partial charge in [0.1, 0.15) is 0 Å². The van der Waals surface area contributed by atoms with E-state index >= 15 is 0 Å². The fraction of sp³-hybridized carbons (Fsp3) is 1.00.